The number of para-hydroxylation sites is 1. The van der Waals surface area contributed by atoms with Gasteiger partial charge in [-0.2, -0.15) is 0 Å². The molecule has 1 aromatic rings. The first-order valence-corrected chi connectivity index (χ1v) is 5.59. The van der Waals surface area contributed by atoms with E-state index in [4.69, 9.17) is 4.74 Å². The fraction of sp³-hybridized carbons (Fsp3) is 0.462. The van der Waals surface area contributed by atoms with Crippen molar-refractivity contribution >= 4 is 11.7 Å². The fourth-order valence-electron chi connectivity index (χ4n) is 2.26. The smallest absolute Gasteiger partial charge is 0.302 e. The second-order valence-electron chi connectivity index (χ2n) is 4.38. The molecule has 1 atom stereocenters. The summed E-state index contributed by atoms with van der Waals surface area (Å²) in [6.45, 7) is 2.93. The summed E-state index contributed by atoms with van der Waals surface area (Å²) in [6, 6.07) is 8.39. The SMILES string of the molecule is CC(=O)OC[C@@H]1Cc2ccccc2N(C)C1. The predicted octanol–water partition coefficient (Wildman–Crippen LogP) is 1.86. The fourth-order valence-corrected chi connectivity index (χ4v) is 2.26. The highest BCUT2D eigenvalue weighted by atomic mass is 16.5. The van der Waals surface area contributed by atoms with E-state index in [1.807, 2.05) is 0 Å². The molecule has 2 rings (SSSR count). The average Bonchev–Trinajstić information content (AvgIpc) is 2.26. The summed E-state index contributed by atoms with van der Waals surface area (Å²) >= 11 is 0. The summed E-state index contributed by atoms with van der Waals surface area (Å²) in [5, 5.41) is 0. The van der Waals surface area contributed by atoms with E-state index in [0.29, 0.717) is 12.5 Å². The van der Waals surface area contributed by atoms with Gasteiger partial charge in [0.05, 0.1) is 6.61 Å². The first-order valence-electron chi connectivity index (χ1n) is 5.59. The highest BCUT2D eigenvalue weighted by molar-refractivity contribution is 5.66. The van der Waals surface area contributed by atoms with E-state index in [0.717, 1.165) is 13.0 Å². The van der Waals surface area contributed by atoms with Crippen molar-refractivity contribution in [3.8, 4) is 0 Å². The summed E-state index contributed by atoms with van der Waals surface area (Å²) < 4.78 is 5.08. The van der Waals surface area contributed by atoms with Crippen LogP contribution in [0.2, 0.25) is 0 Å². The highest BCUT2D eigenvalue weighted by Crippen LogP contribution is 2.28. The highest BCUT2D eigenvalue weighted by Gasteiger charge is 2.22. The van der Waals surface area contributed by atoms with E-state index in [9.17, 15) is 4.79 Å². The molecule has 86 valence electrons. The van der Waals surface area contributed by atoms with Crippen LogP contribution in [0.5, 0.6) is 0 Å². The summed E-state index contributed by atoms with van der Waals surface area (Å²) in [6.07, 6.45) is 0.994. The van der Waals surface area contributed by atoms with Crippen molar-refractivity contribution in [3.63, 3.8) is 0 Å². The quantitative estimate of drug-likeness (QED) is 0.711. The van der Waals surface area contributed by atoms with E-state index in [-0.39, 0.29) is 5.97 Å². The van der Waals surface area contributed by atoms with Gasteiger partial charge < -0.3 is 9.64 Å². The molecule has 3 nitrogen and oxygen atoms in total. The monoisotopic (exact) mass is 219 g/mol. The molecule has 0 unspecified atom stereocenters. The third-order valence-corrected chi connectivity index (χ3v) is 2.97. The molecule has 1 aliphatic rings. The lowest BCUT2D eigenvalue weighted by atomic mass is 9.93. The molecule has 0 radical (unpaired) electrons. The molecule has 1 heterocycles. The topological polar surface area (TPSA) is 29.5 Å². The van der Waals surface area contributed by atoms with Crippen molar-refractivity contribution in [2.75, 3.05) is 25.1 Å². The van der Waals surface area contributed by atoms with Crippen molar-refractivity contribution in [2.45, 2.75) is 13.3 Å². The largest absolute Gasteiger partial charge is 0.465 e. The van der Waals surface area contributed by atoms with Crippen molar-refractivity contribution in [1.82, 2.24) is 0 Å². The van der Waals surface area contributed by atoms with Crippen molar-refractivity contribution in [1.29, 1.82) is 0 Å². The van der Waals surface area contributed by atoms with Crippen LogP contribution in [0.15, 0.2) is 24.3 Å². The lowest BCUT2D eigenvalue weighted by molar-refractivity contribution is -0.142. The molecule has 1 aromatic carbocycles. The van der Waals surface area contributed by atoms with E-state index < -0.39 is 0 Å². The molecule has 0 spiro atoms. The maximum Gasteiger partial charge on any atom is 0.302 e. The first kappa shape index (κ1) is 11.0. The number of fused-ring (bicyclic) bond motifs is 1. The number of carbonyl (C=O) groups is 1. The number of carbonyl (C=O) groups excluding carboxylic acids is 1. The zero-order valence-electron chi connectivity index (χ0n) is 9.77. The molecule has 0 fully saturated rings. The van der Waals surface area contributed by atoms with E-state index in [2.05, 4.69) is 36.2 Å². The Bertz CT molecular complexity index is 389. The molecule has 0 saturated carbocycles. The Morgan fingerprint density at radius 2 is 2.25 bits per heavy atom. The number of esters is 1. The minimum absolute atomic E-state index is 0.193. The van der Waals surface area contributed by atoms with Gasteiger partial charge in [-0.1, -0.05) is 18.2 Å². The molecule has 1 aliphatic heterocycles. The number of nitrogens with zero attached hydrogens (tertiary/aromatic N) is 1. The maximum atomic E-state index is 10.8. The second-order valence-corrected chi connectivity index (χ2v) is 4.38. The Morgan fingerprint density at radius 3 is 3.00 bits per heavy atom. The number of benzene rings is 1. The Morgan fingerprint density at radius 1 is 1.50 bits per heavy atom. The minimum atomic E-state index is -0.193. The van der Waals surface area contributed by atoms with Gasteiger partial charge in [-0.3, -0.25) is 4.79 Å². The van der Waals surface area contributed by atoms with Crippen LogP contribution in [0.3, 0.4) is 0 Å². The molecule has 0 N–H and O–H groups in total. The Labute approximate surface area is 96.0 Å². The van der Waals surface area contributed by atoms with Gasteiger partial charge in [-0.25, -0.2) is 0 Å². The van der Waals surface area contributed by atoms with Crippen molar-refractivity contribution in [3.05, 3.63) is 29.8 Å². The number of hydrogen-bond acceptors (Lipinski definition) is 3. The van der Waals surface area contributed by atoms with Crippen molar-refractivity contribution < 1.29 is 9.53 Å². The lowest BCUT2D eigenvalue weighted by Gasteiger charge is -2.33. The molecular formula is C13H17NO2. The minimum Gasteiger partial charge on any atom is -0.465 e. The first-order chi connectivity index (χ1) is 7.66. The van der Waals surface area contributed by atoms with E-state index in [1.165, 1.54) is 18.2 Å². The molecule has 0 aromatic heterocycles. The van der Waals surface area contributed by atoms with Crippen LogP contribution in [0, 0.1) is 5.92 Å². The van der Waals surface area contributed by atoms with Crippen molar-refractivity contribution in [2.24, 2.45) is 5.92 Å². The number of ether oxygens (including phenoxy) is 1. The van der Waals surface area contributed by atoms with Gasteiger partial charge in [-0.15, -0.1) is 0 Å². The third-order valence-electron chi connectivity index (χ3n) is 2.97. The second kappa shape index (κ2) is 4.56. The molecule has 16 heavy (non-hydrogen) atoms. The average molecular weight is 219 g/mol. The van der Waals surface area contributed by atoms with Crippen LogP contribution >= 0.6 is 0 Å². The molecule has 0 aliphatic carbocycles. The Balaban J connectivity index is 2.06. The zero-order chi connectivity index (χ0) is 11.5. The lowest BCUT2D eigenvalue weighted by Crippen LogP contribution is -2.34. The van der Waals surface area contributed by atoms with Gasteiger partial charge >= 0.3 is 5.97 Å². The summed E-state index contributed by atoms with van der Waals surface area (Å²) in [7, 11) is 2.08. The van der Waals surface area contributed by atoms with Gasteiger partial charge in [0.1, 0.15) is 0 Å². The van der Waals surface area contributed by atoms with E-state index in [1.54, 1.807) is 0 Å². The molecule has 3 heteroatoms. The molecule has 0 saturated heterocycles. The van der Waals surface area contributed by atoms with Crippen LogP contribution < -0.4 is 4.90 Å². The number of anilines is 1. The summed E-state index contributed by atoms with van der Waals surface area (Å²) in [5.74, 6) is 0.213. The van der Waals surface area contributed by atoms with Gasteiger partial charge in [0.25, 0.3) is 0 Å². The zero-order valence-corrected chi connectivity index (χ0v) is 9.77. The molecular weight excluding hydrogens is 202 g/mol. The Kier molecular flexibility index (Phi) is 3.13. The van der Waals surface area contributed by atoms with Crippen LogP contribution in [0.1, 0.15) is 12.5 Å². The predicted molar refractivity (Wildman–Crippen MR) is 63.5 cm³/mol. The Hall–Kier alpha value is -1.51. The number of hydrogen-bond donors (Lipinski definition) is 0. The van der Waals surface area contributed by atoms with Gasteiger partial charge in [-0.05, 0) is 18.1 Å². The molecule has 0 bridgehead atoms. The number of rotatable bonds is 2. The van der Waals surface area contributed by atoms with Gasteiger partial charge in [0, 0.05) is 32.1 Å². The summed E-state index contributed by atoms with van der Waals surface area (Å²) in [5.41, 5.74) is 2.63. The normalized spacial score (nSPS) is 19.1. The van der Waals surface area contributed by atoms with Crippen LogP contribution in [0.4, 0.5) is 5.69 Å². The third kappa shape index (κ3) is 2.35. The van der Waals surface area contributed by atoms with Crippen LogP contribution in [-0.4, -0.2) is 26.2 Å². The summed E-state index contributed by atoms with van der Waals surface area (Å²) in [4.78, 5) is 13.0. The van der Waals surface area contributed by atoms with Gasteiger partial charge in [0.15, 0.2) is 0 Å². The van der Waals surface area contributed by atoms with Gasteiger partial charge in [0.2, 0.25) is 0 Å². The standard InChI is InChI=1S/C13H17NO2/c1-10(15)16-9-11-7-12-5-3-4-6-13(12)14(2)8-11/h3-6,11H,7-9H2,1-2H3/t11-/m1/s1. The molecule has 0 amide bonds. The van der Waals surface area contributed by atoms with Crippen LogP contribution in [0.25, 0.3) is 0 Å². The maximum absolute atomic E-state index is 10.8. The van der Waals surface area contributed by atoms with Crippen LogP contribution in [-0.2, 0) is 16.0 Å². The van der Waals surface area contributed by atoms with E-state index >= 15 is 0 Å².